The van der Waals surface area contributed by atoms with Gasteiger partial charge in [-0.3, -0.25) is 0 Å². The number of aromatic nitrogens is 3. The van der Waals surface area contributed by atoms with Gasteiger partial charge in [0.25, 0.3) is 5.89 Å². The molecule has 0 aliphatic rings. The number of nitrogens with one attached hydrogen (secondary N) is 1. The van der Waals surface area contributed by atoms with Crippen LogP contribution in [-0.4, -0.2) is 21.1 Å². The van der Waals surface area contributed by atoms with Crippen LogP contribution in [-0.2, 0) is 13.2 Å². The molecule has 0 fully saturated rings. The zero-order valence-corrected chi connectivity index (χ0v) is 16.7. The Balaban J connectivity index is 1.35. The van der Waals surface area contributed by atoms with Crippen LogP contribution in [0.5, 0.6) is 5.75 Å². The molecule has 8 nitrogen and oxygen atoms in total. The molecule has 3 heterocycles. The number of hydrogen-bond donors (Lipinski definition) is 1. The standard InChI is InChI=1S/C21H18ClN5O3/c22-15-2-4-16(5-3-15)28-13-17-6-7-19(29-17)21-26-18(12-23)20(30-21)25-8-1-10-27-11-9-24-14-27/h2-7,9,11,14,25H,1,8,10,13H2. The van der Waals surface area contributed by atoms with Gasteiger partial charge in [-0.25, -0.2) is 4.98 Å². The molecule has 4 rings (SSSR count). The fourth-order valence-corrected chi connectivity index (χ4v) is 2.89. The van der Waals surface area contributed by atoms with Gasteiger partial charge in [-0.15, -0.1) is 0 Å². The largest absolute Gasteiger partial charge is 0.486 e. The minimum Gasteiger partial charge on any atom is -0.486 e. The van der Waals surface area contributed by atoms with Crippen molar-refractivity contribution in [3.63, 3.8) is 0 Å². The van der Waals surface area contributed by atoms with E-state index in [0.29, 0.717) is 34.7 Å². The first-order chi connectivity index (χ1) is 14.7. The summed E-state index contributed by atoms with van der Waals surface area (Å²) in [7, 11) is 0. The van der Waals surface area contributed by atoms with Crippen LogP contribution in [0.3, 0.4) is 0 Å². The fraction of sp³-hybridized carbons (Fsp3) is 0.190. The van der Waals surface area contributed by atoms with Crippen LogP contribution in [0.15, 0.2) is 64.0 Å². The Labute approximate surface area is 177 Å². The lowest BCUT2D eigenvalue weighted by Crippen LogP contribution is -2.06. The highest BCUT2D eigenvalue weighted by Crippen LogP contribution is 2.27. The summed E-state index contributed by atoms with van der Waals surface area (Å²) in [6.07, 6.45) is 6.24. The zero-order valence-electron chi connectivity index (χ0n) is 15.9. The molecule has 3 aromatic heterocycles. The normalized spacial score (nSPS) is 10.7. The van der Waals surface area contributed by atoms with Gasteiger partial charge < -0.3 is 23.5 Å². The maximum Gasteiger partial charge on any atom is 0.266 e. The first-order valence-corrected chi connectivity index (χ1v) is 9.67. The van der Waals surface area contributed by atoms with Gasteiger partial charge in [0.05, 0.1) is 6.33 Å². The minimum absolute atomic E-state index is 0.183. The van der Waals surface area contributed by atoms with Crippen molar-refractivity contribution >= 4 is 17.5 Å². The van der Waals surface area contributed by atoms with E-state index >= 15 is 0 Å². The molecule has 152 valence electrons. The maximum atomic E-state index is 9.34. The third-order valence-corrected chi connectivity index (χ3v) is 4.49. The van der Waals surface area contributed by atoms with Gasteiger partial charge in [0, 0.05) is 30.5 Å². The van der Waals surface area contributed by atoms with Gasteiger partial charge in [-0.05, 0) is 42.8 Å². The van der Waals surface area contributed by atoms with E-state index in [1.807, 2.05) is 16.8 Å². The summed E-state index contributed by atoms with van der Waals surface area (Å²) in [6.45, 7) is 1.68. The number of halogens is 1. The van der Waals surface area contributed by atoms with E-state index in [2.05, 4.69) is 15.3 Å². The molecule has 9 heteroatoms. The number of imidazole rings is 1. The number of benzene rings is 1. The quantitative estimate of drug-likeness (QED) is 0.388. The summed E-state index contributed by atoms with van der Waals surface area (Å²) in [5, 5.41) is 13.1. The van der Waals surface area contributed by atoms with E-state index in [1.54, 1.807) is 48.9 Å². The van der Waals surface area contributed by atoms with Gasteiger partial charge in [0.1, 0.15) is 24.2 Å². The predicted molar refractivity (Wildman–Crippen MR) is 110 cm³/mol. The average Bonchev–Trinajstić information content (AvgIpc) is 3.51. The van der Waals surface area contributed by atoms with Crippen LogP contribution in [0.1, 0.15) is 17.9 Å². The number of anilines is 1. The van der Waals surface area contributed by atoms with Gasteiger partial charge in [0.15, 0.2) is 5.76 Å². The third kappa shape index (κ3) is 4.82. The highest BCUT2D eigenvalue weighted by atomic mass is 35.5. The molecular weight excluding hydrogens is 406 g/mol. The van der Waals surface area contributed by atoms with Gasteiger partial charge in [-0.1, -0.05) is 11.6 Å². The Morgan fingerprint density at radius 3 is 2.80 bits per heavy atom. The number of aryl methyl sites for hydroxylation is 1. The van der Waals surface area contributed by atoms with Gasteiger partial charge in [-0.2, -0.15) is 10.2 Å². The molecule has 0 bridgehead atoms. The van der Waals surface area contributed by atoms with Gasteiger partial charge >= 0.3 is 0 Å². The van der Waals surface area contributed by atoms with Crippen molar-refractivity contribution in [3.8, 4) is 23.5 Å². The number of nitriles is 1. The molecule has 0 aliphatic carbocycles. The zero-order chi connectivity index (χ0) is 20.8. The first kappa shape index (κ1) is 19.6. The monoisotopic (exact) mass is 423 g/mol. The SMILES string of the molecule is N#Cc1nc(-c2ccc(COc3ccc(Cl)cc3)o2)oc1NCCCn1ccnc1. The van der Waals surface area contributed by atoms with Crippen molar-refractivity contribution in [1.82, 2.24) is 14.5 Å². The number of hydrogen-bond acceptors (Lipinski definition) is 7. The second-order valence-electron chi connectivity index (χ2n) is 6.40. The maximum absolute atomic E-state index is 9.34. The molecule has 0 amide bonds. The Bertz CT molecular complexity index is 1130. The topological polar surface area (TPSA) is 102 Å². The van der Waals surface area contributed by atoms with Crippen LogP contribution >= 0.6 is 11.6 Å². The van der Waals surface area contributed by atoms with Crippen molar-refractivity contribution in [1.29, 1.82) is 5.26 Å². The lowest BCUT2D eigenvalue weighted by molar-refractivity contribution is 0.271. The van der Waals surface area contributed by atoms with Crippen LogP contribution in [0.25, 0.3) is 11.7 Å². The summed E-state index contributed by atoms with van der Waals surface area (Å²) < 4.78 is 19.1. The Morgan fingerprint density at radius 1 is 1.17 bits per heavy atom. The summed E-state index contributed by atoms with van der Waals surface area (Å²) in [5.74, 6) is 2.27. The van der Waals surface area contributed by atoms with Gasteiger partial charge in [0.2, 0.25) is 11.6 Å². The highest BCUT2D eigenvalue weighted by Gasteiger charge is 2.17. The summed E-state index contributed by atoms with van der Waals surface area (Å²) in [6, 6.07) is 12.6. The smallest absolute Gasteiger partial charge is 0.266 e. The molecule has 0 aliphatic heterocycles. The second-order valence-corrected chi connectivity index (χ2v) is 6.83. The van der Waals surface area contributed by atoms with Crippen molar-refractivity contribution in [2.24, 2.45) is 0 Å². The molecule has 0 saturated carbocycles. The van der Waals surface area contributed by atoms with Crippen LogP contribution in [0, 0.1) is 11.3 Å². The van der Waals surface area contributed by atoms with Crippen LogP contribution in [0.4, 0.5) is 5.88 Å². The number of nitrogens with zero attached hydrogens (tertiary/aromatic N) is 4. The fourth-order valence-electron chi connectivity index (χ4n) is 2.76. The molecule has 30 heavy (non-hydrogen) atoms. The lowest BCUT2D eigenvalue weighted by Gasteiger charge is -2.04. The summed E-state index contributed by atoms with van der Waals surface area (Å²) in [5.41, 5.74) is 0.183. The number of oxazole rings is 1. The minimum atomic E-state index is 0.183. The van der Waals surface area contributed by atoms with Crippen molar-refractivity contribution < 1.29 is 13.6 Å². The summed E-state index contributed by atoms with van der Waals surface area (Å²) >= 11 is 5.87. The third-order valence-electron chi connectivity index (χ3n) is 4.24. The van der Waals surface area contributed by atoms with E-state index in [-0.39, 0.29) is 18.2 Å². The molecule has 0 radical (unpaired) electrons. The molecule has 4 aromatic rings. The van der Waals surface area contributed by atoms with Crippen molar-refractivity contribution in [2.45, 2.75) is 19.6 Å². The number of ether oxygens (including phenoxy) is 1. The van der Waals surface area contributed by atoms with E-state index < -0.39 is 0 Å². The van der Waals surface area contributed by atoms with E-state index in [4.69, 9.17) is 25.2 Å². The lowest BCUT2D eigenvalue weighted by atomic mass is 10.3. The van der Waals surface area contributed by atoms with Crippen LogP contribution in [0.2, 0.25) is 5.02 Å². The predicted octanol–water partition coefficient (Wildman–Crippen LogP) is 4.74. The molecule has 0 unspecified atom stereocenters. The molecular formula is C21H18ClN5O3. The van der Waals surface area contributed by atoms with Crippen LogP contribution < -0.4 is 10.1 Å². The number of rotatable bonds is 9. The Hall–Kier alpha value is -3.70. The second kappa shape index (κ2) is 9.20. The highest BCUT2D eigenvalue weighted by molar-refractivity contribution is 6.30. The molecule has 1 aromatic carbocycles. The van der Waals surface area contributed by atoms with E-state index in [1.165, 1.54) is 0 Å². The van der Waals surface area contributed by atoms with E-state index in [0.717, 1.165) is 13.0 Å². The van der Waals surface area contributed by atoms with E-state index in [9.17, 15) is 5.26 Å². The summed E-state index contributed by atoms with van der Waals surface area (Å²) in [4.78, 5) is 8.22. The Morgan fingerprint density at radius 2 is 2.03 bits per heavy atom. The molecule has 0 saturated heterocycles. The molecule has 0 spiro atoms. The molecule has 0 atom stereocenters. The Kier molecular flexibility index (Phi) is 6.01. The van der Waals surface area contributed by atoms with Crippen molar-refractivity contribution in [2.75, 3.05) is 11.9 Å². The van der Waals surface area contributed by atoms with Crippen molar-refractivity contribution in [3.05, 3.63) is 71.6 Å². The molecule has 1 N–H and O–H groups in total. The average molecular weight is 424 g/mol. The first-order valence-electron chi connectivity index (χ1n) is 9.29. The number of furan rings is 1.